The maximum Gasteiger partial charge on any atom is 0.126 e. The summed E-state index contributed by atoms with van der Waals surface area (Å²) in [5.41, 5.74) is 0.752. The summed E-state index contributed by atoms with van der Waals surface area (Å²) >= 11 is 0. The van der Waals surface area contributed by atoms with Gasteiger partial charge in [0.2, 0.25) is 0 Å². The molecule has 1 aliphatic rings. The largest absolute Gasteiger partial charge is 0.311 e. The fourth-order valence-electron chi connectivity index (χ4n) is 2.56. The van der Waals surface area contributed by atoms with Gasteiger partial charge in [0.25, 0.3) is 0 Å². The first-order valence-corrected chi connectivity index (χ1v) is 6.34. The van der Waals surface area contributed by atoms with Gasteiger partial charge in [0, 0.05) is 18.2 Å². The molecule has 1 nitrogen and oxygen atoms in total. The molecule has 1 aromatic carbocycles. The Morgan fingerprint density at radius 1 is 1.18 bits per heavy atom. The van der Waals surface area contributed by atoms with E-state index >= 15 is 0 Å². The molecule has 1 saturated heterocycles. The van der Waals surface area contributed by atoms with E-state index in [1.54, 1.807) is 0 Å². The third kappa shape index (κ3) is 3.77. The molecule has 2 atom stereocenters. The number of benzene rings is 1. The van der Waals surface area contributed by atoms with Crippen molar-refractivity contribution in [1.82, 2.24) is 5.32 Å². The molecule has 0 aliphatic carbocycles. The number of rotatable bonds is 3. The molecule has 0 radical (unpaired) electrons. The number of nitrogens with one attached hydrogen (secondary N) is 1. The lowest BCUT2D eigenvalue weighted by Crippen LogP contribution is -2.40. The molecule has 0 bridgehead atoms. The van der Waals surface area contributed by atoms with Crippen LogP contribution in [-0.2, 0) is 6.42 Å². The van der Waals surface area contributed by atoms with Crippen LogP contribution in [0.4, 0.5) is 8.78 Å². The Bertz CT molecular complexity index is 358. The number of piperidine rings is 1. The van der Waals surface area contributed by atoms with E-state index in [1.165, 1.54) is 31.4 Å². The first kappa shape index (κ1) is 12.5. The maximum atomic E-state index is 13.0. The standard InChI is InChI=1S/C14H19F2N/c1-10-3-2-4-14(17-10)6-5-11-7-12(15)9-13(16)8-11/h7-10,14,17H,2-6H2,1H3. The molecular formula is C14H19F2N. The van der Waals surface area contributed by atoms with Gasteiger partial charge in [-0.05, 0) is 50.3 Å². The lowest BCUT2D eigenvalue weighted by atomic mass is 9.95. The van der Waals surface area contributed by atoms with Gasteiger partial charge in [0.1, 0.15) is 11.6 Å². The summed E-state index contributed by atoms with van der Waals surface area (Å²) in [7, 11) is 0. The van der Waals surface area contributed by atoms with Crippen molar-refractivity contribution in [2.75, 3.05) is 0 Å². The second kappa shape index (κ2) is 5.58. The SMILES string of the molecule is CC1CCCC(CCc2cc(F)cc(F)c2)N1. The second-order valence-electron chi connectivity index (χ2n) is 5.01. The average Bonchev–Trinajstić information content (AvgIpc) is 2.25. The predicted molar refractivity (Wildman–Crippen MR) is 64.9 cm³/mol. The van der Waals surface area contributed by atoms with Crippen LogP contribution in [0, 0.1) is 11.6 Å². The van der Waals surface area contributed by atoms with E-state index in [4.69, 9.17) is 0 Å². The molecule has 0 amide bonds. The van der Waals surface area contributed by atoms with Gasteiger partial charge in [-0.2, -0.15) is 0 Å². The van der Waals surface area contributed by atoms with Crippen molar-refractivity contribution in [3.05, 3.63) is 35.4 Å². The third-order valence-electron chi connectivity index (χ3n) is 3.41. The Kier molecular flexibility index (Phi) is 4.11. The van der Waals surface area contributed by atoms with Crippen LogP contribution in [0.25, 0.3) is 0 Å². The summed E-state index contributed by atoms with van der Waals surface area (Å²) in [6, 6.07) is 4.83. The molecule has 0 spiro atoms. The van der Waals surface area contributed by atoms with E-state index in [1.807, 2.05) is 0 Å². The lowest BCUT2D eigenvalue weighted by molar-refractivity contribution is 0.322. The Morgan fingerprint density at radius 3 is 2.53 bits per heavy atom. The average molecular weight is 239 g/mol. The molecule has 0 aromatic heterocycles. The molecule has 0 saturated carbocycles. The van der Waals surface area contributed by atoms with Crippen molar-refractivity contribution in [3.63, 3.8) is 0 Å². The van der Waals surface area contributed by atoms with Gasteiger partial charge in [-0.3, -0.25) is 0 Å². The molecule has 1 fully saturated rings. The minimum Gasteiger partial charge on any atom is -0.311 e. The van der Waals surface area contributed by atoms with Crippen molar-refractivity contribution in [3.8, 4) is 0 Å². The van der Waals surface area contributed by atoms with Crippen LogP contribution in [0.1, 0.15) is 38.2 Å². The number of hydrogen-bond acceptors (Lipinski definition) is 1. The van der Waals surface area contributed by atoms with Gasteiger partial charge in [0.05, 0.1) is 0 Å². The van der Waals surface area contributed by atoms with Crippen molar-refractivity contribution in [2.24, 2.45) is 0 Å². The van der Waals surface area contributed by atoms with Crippen LogP contribution in [0.3, 0.4) is 0 Å². The molecule has 1 N–H and O–H groups in total. The van der Waals surface area contributed by atoms with Crippen LogP contribution in [0.2, 0.25) is 0 Å². The van der Waals surface area contributed by atoms with E-state index in [0.717, 1.165) is 24.5 Å². The summed E-state index contributed by atoms with van der Waals surface area (Å²) in [4.78, 5) is 0. The smallest absolute Gasteiger partial charge is 0.126 e. The van der Waals surface area contributed by atoms with Gasteiger partial charge in [0.15, 0.2) is 0 Å². The fourth-order valence-corrected chi connectivity index (χ4v) is 2.56. The van der Waals surface area contributed by atoms with E-state index in [0.29, 0.717) is 12.1 Å². The molecule has 94 valence electrons. The molecule has 1 aromatic rings. The first-order chi connectivity index (χ1) is 8.13. The van der Waals surface area contributed by atoms with Crippen LogP contribution in [0.5, 0.6) is 0 Å². The maximum absolute atomic E-state index is 13.0. The molecule has 3 heteroatoms. The first-order valence-electron chi connectivity index (χ1n) is 6.34. The highest BCUT2D eigenvalue weighted by Gasteiger charge is 2.17. The van der Waals surface area contributed by atoms with Crippen molar-refractivity contribution < 1.29 is 8.78 Å². The zero-order chi connectivity index (χ0) is 12.3. The van der Waals surface area contributed by atoms with E-state index < -0.39 is 11.6 Å². The fraction of sp³-hybridized carbons (Fsp3) is 0.571. The summed E-state index contributed by atoms with van der Waals surface area (Å²) in [5.74, 6) is -0.963. The van der Waals surface area contributed by atoms with Crippen molar-refractivity contribution in [2.45, 2.75) is 51.1 Å². The molecule has 1 heterocycles. The summed E-state index contributed by atoms with van der Waals surface area (Å²) < 4.78 is 26.0. The van der Waals surface area contributed by atoms with Crippen LogP contribution < -0.4 is 5.32 Å². The zero-order valence-electron chi connectivity index (χ0n) is 10.2. The van der Waals surface area contributed by atoms with E-state index in [9.17, 15) is 8.78 Å². The number of halogens is 2. The second-order valence-corrected chi connectivity index (χ2v) is 5.01. The quantitative estimate of drug-likeness (QED) is 0.852. The van der Waals surface area contributed by atoms with Gasteiger partial charge < -0.3 is 5.32 Å². The third-order valence-corrected chi connectivity index (χ3v) is 3.41. The Labute approximate surface area is 101 Å². The van der Waals surface area contributed by atoms with Crippen LogP contribution >= 0.6 is 0 Å². The minimum absolute atomic E-state index is 0.482. The molecule has 2 unspecified atom stereocenters. The normalized spacial score (nSPS) is 24.9. The highest BCUT2D eigenvalue weighted by Crippen LogP contribution is 2.17. The summed E-state index contributed by atoms with van der Waals surface area (Å²) in [6.45, 7) is 2.19. The van der Waals surface area contributed by atoms with Gasteiger partial charge in [-0.15, -0.1) is 0 Å². The summed E-state index contributed by atoms with van der Waals surface area (Å²) in [6.07, 6.45) is 5.33. The Hall–Kier alpha value is -0.960. The predicted octanol–water partition coefficient (Wildman–Crippen LogP) is 3.43. The lowest BCUT2D eigenvalue weighted by Gasteiger charge is -2.28. The molecular weight excluding hydrogens is 220 g/mol. The minimum atomic E-state index is -0.482. The number of aryl methyl sites for hydroxylation is 1. The molecule has 2 rings (SSSR count). The monoisotopic (exact) mass is 239 g/mol. The number of hydrogen-bond donors (Lipinski definition) is 1. The topological polar surface area (TPSA) is 12.0 Å². The van der Waals surface area contributed by atoms with Crippen molar-refractivity contribution >= 4 is 0 Å². The zero-order valence-corrected chi connectivity index (χ0v) is 10.2. The van der Waals surface area contributed by atoms with Crippen LogP contribution in [-0.4, -0.2) is 12.1 Å². The van der Waals surface area contributed by atoms with E-state index in [-0.39, 0.29) is 0 Å². The Morgan fingerprint density at radius 2 is 1.88 bits per heavy atom. The summed E-state index contributed by atoms with van der Waals surface area (Å²) in [5, 5.41) is 3.53. The Balaban J connectivity index is 1.88. The highest BCUT2D eigenvalue weighted by molar-refractivity contribution is 5.18. The van der Waals surface area contributed by atoms with Crippen LogP contribution in [0.15, 0.2) is 18.2 Å². The van der Waals surface area contributed by atoms with E-state index in [2.05, 4.69) is 12.2 Å². The molecule has 17 heavy (non-hydrogen) atoms. The molecule has 1 aliphatic heterocycles. The highest BCUT2D eigenvalue weighted by atomic mass is 19.1. The van der Waals surface area contributed by atoms with Gasteiger partial charge in [-0.1, -0.05) is 6.42 Å². The van der Waals surface area contributed by atoms with Gasteiger partial charge >= 0.3 is 0 Å². The van der Waals surface area contributed by atoms with Crippen molar-refractivity contribution in [1.29, 1.82) is 0 Å². The van der Waals surface area contributed by atoms with Gasteiger partial charge in [-0.25, -0.2) is 8.78 Å².